The smallest absolute Gasteiger partial charge is 0.410 e. The summed E-state index contributed by atoms with van der Waals surface area (Å²) in [5.74, 6) is 0. The van der Waals surface area contributed by atoms with Crippen LogP contribution in [0.25, 0.3) is 11.1 Å². The molecule has 2 heterocycles. The van der Waals surface area contributed by atoms with E-state index in [0.29, 0.717) is 25.2 Å². The first-order valence-electron chi connectivity index (χ1n) is 10.1. The minimum absolute atomic E-state index is 0.281. The van der Waals surface area contributed by atoms with Crippen LogP contribution in [0.5, 0.6) is 0 Å². The minimum atomic E-state index is -3.70. The highest BCUT2D eigenvalue weighted by Crippen LogP contribution is 2.34. The summed E-state index contributed by atoms with van der Waals surface area (Å²) < 4.78 is 35.5. The number of carbonyl (C=O) groups excluding carboxylic acids is 1. The van der Waals surface area contributed by atoms with Crippen molar-refractivity contribution in [1.82, 2.24) is 9.21 Å². The summed E-state index contributed by atoms with van der Waals surface area (Å²) in [6.45, 7) is 6.54. The van der Waals surface area contributed by atoms with Crippen LogP contribution in [0.1, 0.15) is 32.8 Å². The lowest BCUT2D eigenvalue weighted by molar-refractivity contribution is 0.0286. The molecule has 0 radical (unpaired) electrons. The Labute approximate surface area is 177 Å². The molecule has 0 saturated carbocycles. The van der Waals surface area contributed by atoms with Crippen LogP contribution in [0.3, 0.4) is 0 Å². The molecule has 0 aliphatic carbocycles. The Bertz CT molecular complexity index is 1050. The second kappa shape index (κ2) is 7.59. The van der Waals surface area contributed by atoms with Gasteiger partial charge in [0.15, 0.2) is 0 Å². The Hall–Kier alpha value is -2.58. The Morgan fingerprint density at radius 1 is 1.10 bits per heavy atom. The van der Waals surface area contributed by atoms with Crippen LogP contribution in [-0.4, -0.2) is 48.4 Å². The van der Waals surface area contributed by atoms with E-state index >= 15 is 0 Å². The van der Waals surface area contributed by atoms with Crippen LogP contribution in [0.4, 0.5) is 10.5 Å². The van der Waals surface area contributed by atoms with Crippen LogP contribution in [0.2, 0.25) is 0 Å². The highest BCUT2D eigenvalue weighted by Gasteiger charge is 2.40. The average Bonchev–Trinajstić information content (AvgIpc) is 3.15. The van der Waals surface area contributed by atoms with Crippen molar-refractivity contribution in [2.75, 3.05) is 17.8 Å². The number of anilines is 1. The van der Waals surface area contributed by atoms with Crippen molar-refractivity contribution < 1.29 is 17.9 Å². The lowest BCUT2D eigenvalue weighted by Crippen LogP contribution is -2.47. The molecule has 1 amide bonds. The predicted octanol–water partition coefficient (Wildman–Crippen LogP) is 3.84. The third-order valence-electron chi connectivity index (χ3n) is 5.31. The largest absolute Gasteiger partial charge is 0.444 e. The summed E-state index contributed by atoms with van der Waals surface area (Å²) in [5.41, 5.74) is 2.94. The van der Waals surface area contributed by atoms with Gasteiger partial charge in [-0.05, 0) is 49.9 Å². The van der Waals surface area contributed by atoms with E-state index < -0.39 is 21.9 Å². The Balaban J connectivity index is 1.52. The molecule has 2 aromatic carbocycles. The predicted molar refractivity (Wildman–Crippen MR) is 116 cm³/mol. The zero-order valence-corrected chi connectivity index (χ0v) is 18.3. The molecule has 2 aromatic rings. The fourth-order valence-electron chi connectivity index (χ4n) is 3.86. The number of hydrogen-bond donors (Lipinski definition) is 1. The van der Waals surface area contributed by atoms with Gasteiger partial charge in [-0.15, -0.1) is 0 Å². The number of amides is 1. The van der Waals surface area contributed by atoms with Crippen LogP contribution in [0.15, 0.2) is 48.5 Å². The number of benzene rings is 2. The fraction of sp³-hybridized carbons (Fsp3) is 0.409. The SMILES string of the molecule is CC(C)(C)OC(=O)N1CC[C@@H](N2Cc3ccc(-c4ccccc4)cc3NS2(=O)=O)C1. The Morgan fingerprint density at radius 2 is 1.83 bits per heavy atom. The molecule has 7 nitrogen and oxygen atoms in total. The Morgan fingerprint density at radius 3 is 2.53 bits per heavy atom. The quantitative estimate of drug-likeness (QED) is 0.787. The number of carbonyl (C=O) groups is 1. The maximum Gasteiger partial charge on any atom is 0.410 e. The first-order chi connectivity index (χ1) is 14.1. The van der Waals surface area contributed by atoms with E-state index in [-0.39, 0.29) is 12.6 Å². The summed E-state index contributed by atoms with van der Waals surface area (Å²) in [7, 11) is -3.70. The van der Waals surface area contributed by atoms with Crippen molar-refractivity contribution in [3.63, 3.8) is 0 Å². The molecule has 1 atom stereocenters. The van der Waals surface area contributed by atoms with Gasteiger partial charge >= 0.3 is 16.3 Å². The molecular formula is C22H27N3O4S. The molecule has 30 heavy (non-hydrogen) atoms. The molecule has 160 valence electrons. The molecule has 2 aliphatic rings. The molecule has 1 fully saturated rings. The summed E-state index contributed by atoms with van der Waals surface area (Å²) in [5, 5.41) is 0. The van der Waals surface area contributed by atoms with Crippen LogP contribution < -0.4 is 4.72 Å². The topological polar surface area (TPSA) is 79.0 Å². The zero-order chi connectivity index (χ0) is 21.5. The van der Waals surface area contributed by atoms with Crippen molar-refractivity contribution in [3.8, 4) is 11.1 Å². The van der Waals surface area contributed by atoms with E-state index in [0.717, 1.165) is 16.7 Å². The molecule has 4 rings (SSSR count). The van der Waals surface area contributed by atoms with Gasteiger partial charge in [0.25, 0.3) is 0 Å². The first kappa shape index (κ1) is 20.7. The normalized spacial score (nSPS) is 21.0. The Kier molecular flexibility index (Phi) is 5.23. The molecule has 1 N–H and O–H groups in total. The number of ether oxygens (including phenoxy) is 1. The number of hydrogen-bond acceptors (Lipinski definition) is 4. The van der Waals surface area contributed by atoms with Crippen molar-refractivity contribution in [2.24, 2.45) is 0 Å². The number of fused-ring (bicyclic) bond motifs is 1. The maximum atomic E-state index is 13.0. The molecule has 0 unspecified atom stereocenters. The van der Waals surface area contributed by atoms with E-state index in [1.54, 1.807) is 4.90 Å². The van der Waals surface area contributed by atoms with Crippen LogP contribution >= 0.6 is 0 Å². The highest BCUT2D eigenvalue weighted by atomic mass is 32.2. The van der Waals surface area contributed by atoms with Gasteiger partial charge in [0, 0.05) is 25.7 Å². The molecule has 0 bridgehead atoms. The van der Waals surface area contributed by atoms with E-state index in [4.69, 9.17) is 4.74 Å². The molecular weight excluding hydrogens is 402 g/mol. The molecule has 2 aliphatic heterocycles. The highest BCUT2D eigenvalue weighted by molar-refractivity contribution is 7.90. The van der Waals surface area contributed by atoms with Gasteiger partial charge in [0.1, 0.15) is 5.60 Å². The lowest BCUT2D eigenvalue weighted by atomic mass is 10.0. The molecule has 1 saturated heterocycles. The van der Waals surface area contributed by atoms with Crippen LogP contribution in [-0.2, 0) is 21.5 Å². The second-order valence-electron chi connectivity index (χ2n) is 8.76. The molecule has 0 spiro atoms. The summed E-state index contributed by atoms with van der Waals surface area (Å²) in [4.78, 5) is 13.9. The van der Waals surface area contributed by atoms with Crippen molar-refractivity contribution in [1.29, 1.82) is 0 Å². The monoisotopic (exact) mass is 429 g/mol. The van der Waals surface area contributed by atoms with E-state index in [1.165, 1.54) is 4.31 Å². The van der Waals surface area contributed by atoms with Gasteiger partial charge in [-0.2, -0.15) is 12.7 Å². The number of rotatable bonds is 2. The zero-order valence-electron chi connectivity index (χ0n) is 17.5. The third kappa shape index (κ3) is 4.29. The van der Waals surface area contributed by atoms with Gasteiger partial charge in [-0.1, -0.05) is 42.5 Å². The maximum absolute atomic E-state index is 13.0. The standard InChI is InChI=1S/C22H27N3O4S/c1-22(2,3)29-21(26)24-12-11-19(15-24)25-14-18-10-9-17(16-7-5-4-6-8-16)13-20(18)23-30(25,27)28/h4-10,13,19,23H,11-12,14-15H2,1-3H3/t19-/m1/s1. The first-order valence-corrected chi connectivity index (χ1v) is 11.5. The van der Waals surface area contributed by atoms with E-state index in [2.05, 4.69) is 4.72 Å². The van der Waals surface area contributed by atoms with Crippen molar-refractivity contribution in [2.45, 2.75) is 45.4 Å². The summed E-state index contributed by atoms with van der Waals surface area (Å²) in [6, 6.07) is 15.4. The van der Waals surface area contributed by atoms with E-state index in [1.807, 2.05) is 69.3 Å². The number of likely N-dealkylation sites (tertiary alicyclic amines) is 1. The summed E-state index contributed by atoms with van der Waals surface area (Å²) in [6.07, 6.45) is 0.178. The van der Waals surface area contributed by atoms with Crippen molar-refractivity contribution >= 4 is 22.0 Å². The average molecular weight is 430 g/mol. The van der Waals surface area contributed by atoms with Crippen molar-refractivity contribution in [3.05, 3.63) is 54.1 Å². The van der Waals surface area contributed by atoms with Gasteiger partial charge in [-0.25, -0.2) is 4.79 Å². The van der Waals surface area contributed by atoms with Gasteiger partial charge in [-0.3, -0.25) is 4.72 Å². The van der Waals surface area contributed by atoms with Gasteiger partial charge in [0.2, 0.25) is 0 Å². The van der Waals surface area contributed by atoms with Gasteiger partial charge in [0.05, 0.1) is 5.69 Å². The number of nitrogens with one attached hydrogen (secondary N) is 1. The number of nitrogens with zero attached hydrogens (tertiary/aromatic N) is 2. The molecule has 8 heteroatoms. The molecule has 0 aromatic heterocycles. The fourth-order valence-corrected chi connectivity index (χ4v) is 5.32. The lowest BCUT2D eigenvalue weighted by Gasteiger charge is -2.33. The van der Waals surface area contributed by atoms with Crippen LogP contribution in [0, 0.1) is 0 Å². The third-order valence-corrected chi connectivity index (χ3v) is 6.84. The second-order valence-corrected chi connectivity index (χ2v) is 10.4. The van der Waals surface area contributed by atoms with Gasteiger partial charge < -0.3 is 9.64 Å². The minimum Gasteiger partial charge on any atom is -0.444 e. The van der Waals surface area contributed by atoms with E-state index in [9.17, 15) is 13.2 Å². The summed E-state index contributed by atoms with van der Waals surface area (Å²) >= 11 is 0.